The molecule has 1 fully saturated rings. The summed E-state index contributed by atoms with van der Waals surface area (Å²) in [6.07, 6.45) is 0.880. The van der Waals surface area contributed by atoms with E-state index in [-0.39, 0.29) is 18.1 Å². The lowest BCUT2D eigenvalue weighted by atomic mass is 9.85. The number of amides is 1. The van der Waals surface area contributed by atoms with E-state index < -0.39 is 17.5 Å². The van der Waals surface area contributed by atoms with Crippen molar-refractivity contribution in [2.45, 2.75) is 31.4 Å². The van der Waals surface area contributed by atoms with E-state index in [4.69, 9.17) is 9.47 Å². The van der Waals surface area contributed by atoms with Gasteiger partial charge in [-0.25, -0.2) is 4.39 Å². The fourth-order valence-corrected chi connectivity index (χ4v) is 5.43. The number of carbonyl (C=O) groups excluding carboxylic acids is 1. The highest BCUT2D eigenvalue weighted by Gasteiger charge is 2.51. The largest absolute Gasteiger partial charge is 0.493 e. The molecular formula is C24H23FN2O4S. The number of halogens is 1. The minimum absolute atomic E-state index is 0.0226. The predicted octanol–water partition coefficient (Wildman–Crippen LogP) is 4.27. The van der Waals surface area contributed by atoms with Crippen molar-refractivity contribution >= 4 is 17.7 Å². The second kappa shape index (κ2) is 8.85. The summed E-state index contributed by atoms with van der Waals surface area (Å²) < 4.78 is 24.6. The molecule has 2 aromatic carbocycles. The molecule has 2 aromatic rings. The van der Waals surface area contributed by atoms with Gasteiger partial charge in [0.2, 0.25) is 5.91 Å². The molecule has 4 rings (SSSR count). The van der Waals surface area contributed by atoms with Crippen molar-refractivity contribution in [2.24, 2.45) is 0 Å². The second-order valence-electron chi connectivity index (χ2n) is 7.69. The Kier molecular flexibility index (Phi) is 6.13. The van der Waals surface area contributed by atoms with E-state index in [2.05, 4.69) is 6.07 Å². The number of hydrogen-bond acceptors (Lipinski definition) is 6. The molecule has 2 aliphatic rings. The molecule has 166 valence electrons. The standard InChI is InChI=1S/C24H23FN2O4S/c1-3-10-31-20-9-4-15(11-21(20)30-2)18-12-22(28)27-23(19(18)13-26)32-14-24(27,29)16-5-7-17(25)8-6-16/h4-9,11,18,29H,3,10,12,14H2,1-2H3. The fraction of sp³-hybridized carbons (Fsp3) is 0.333. The average Bonchev–Trinajstić information content (AvgIpc) is 3.17. The summed E-state index contributed by atoms with van der Waals surface area (Å²) in [6, 6.07) is 13.1. The normalized spacial score (nSPS) is 22.5. The Morgan fingerprint density at radius 2 is 2.03 bits per heavy atom. The zero-order chi connectivity index (χ0) is 22.9. The van der Waals surface area contributed by atoms with Gasteiger partial charge in [-0.3, -0.25) is 9.69 Å². The number of methoxy groups -OCH3 is 1. The first kappa shape index (κ1) is 22.2. The lowest BCUT2D eigenvalue weighted by Crippen LogP contribution is -2.48. The third-order valence-corrected chi connectivity index (χ3v) is 6.89. The number of aliphatic hydroxyl groups is 1. The molecule has 2 heterocycles. The zero-order valence-corrected chi connectivity index (χ0v) is 18.6. The van der Waals surface area contributed by atoms with Crippen LogP contribution in [0, 0.1) is 17.1 Å². The van der Waals surface area contributed by atoms with Crippen LogP contribution in [0.5, 0.6) is 11.5 Å². The van der Waals surface area contributed by atoms with E-state index in [0.29, 0.717) is 34.3 Å². The summed E-state index contributed by atoms with van der Waals surface area (Å²) in [5.41, 5.74) is -0.0463. The van der Waals surface area contributed by atoms with Gasteiger partial charge in [0, 0.05) is 17.9 Å². The van der Waals surface area contributed by atoms with Crippen molar-refractivity contribution in [1.82, 2.24) is 4.90 Å². The highest BCUT2D eigenvalue weighted by molar-refractivity contribution is 8.03. The van der Waals surface area contributed by atoms with Gasteiger partial charge in [0.1, 0.15) is 5.82 Å². The van der Waals surface area contributed by atoms with Gasteiger partial charge in [-0.2, -0.15) is 5.26 Å². The Morgan fingerprint density at radius 1 is 1.28 bits per heavy atom. The quantitative estimate of drug-likeness (QED) is 0.702. The number of carbonyl (C=O) groups is 1. The van der Waals surface area contributed by atoms with E-state index in [9.17, 15) is 19.6 Å². The molecule has 1 saturated heterocycles. The van der Waals surface area contributed by atoms with Crippen molar-refractivity contribution in [1.29, 1.82) is 5.26 Å². The molecule has 0 aromatic heterocycles. The number of ether oxygens (including phenoxy) is 2. The monoisotopic (exact) mass is 454 g/mol. The zero-order valence-electron chi connectivity index (χ0n) is 17.8. The predicted molar refractivity (Wildman–Crippen MR) is 118 cm³/mol. The van der Waals surface area contributed by atoms with E-state index >= 15 is 0 Å². The maximum Gasteiger partial charge on any atom is 0.231 e. The topological polar surface area (TPSA) is 82.8 Å². The van der Waals surface area contributed by atoms with E-state index in [0.717, 1.165) is 12.0 Å². The van der Waals surface area contributed by atoms with E-state index in [1.807, 2.05) is 13.0 Å². The number of hydrogen-bond donors (Lipinski definition) is 1. The number of nitrogens with zero attached hydrogens (tertiary/aromatic N) is 2. The summed E-state index contributed by atoms with van der Waals surface area (Å²) in [4.78, 5) is 14.5. The van der Waals surface area contributed by atoms with Gasteiger partial charge in [-0.15, -0.1) is 11.8 Å². The summed E-state index contributed by atoms with van der Waals surface area (Å²) in [5.74, 6) is 0.109. The maximum atomic E-state index is 13.4. The van der Waals surface area contributed by atoms with Gasteiger partial charge in [0.15, 0.2) is 17.2 Å². The first-order chi connectivity index (χ1) is 15.4. The molecule has 1 N–H and O–H groups in total. The van der Waals surface area contributed by atoms with Gasteiger partial charge in [0.05, 0.1) is 36.1 Å². The maximum absolute atomic E-state index is 13.4. The number of thioether (sulfide) groups is 1. The molecule has 8 heteroatoms. The summed E-state index contributed by atoms with van der Waals surface area (Å²) in [6.45, 7) is 2.57. The molecular weight excluding hydrogens is 431 g/mol. The molecule has 6 nitrogen and oxygen atoms in total. The van der Waals surface area contributed by atoms with Gasteiger partial charge in [-0.05, 0) is 36.2 Å². The van der Waals surface area contributed by atoms with Crippen molar-refractivity contribution in [3.63, 3.8) is 0 Å². The van der Waals surface area contributed by atoms with Crippen LogP contribution in [0.3, 0.4) is 0 Å². The van der Waals surface area contributed by atoms with Crippen LogP contribution in [0.15, 0.2) is 53.1 Å². The average molecular weight is 455 g/mol. The summed E-state index contributed by atoms with van der Waals surface area (Å²) in [7, 11) is 1.55. The first-order valence-corrected chi connectivity index (χ1v) is 11.3. The first-order valence-electron chi connectivity index (χ1n) is 10.3. The number of allylic oxidation sites excluding steroid dienone is 1. The molecule has 0 radical (unpaired) electrons. The Bertz CT molecular complexity index is 1110. The van der Waals surface area contributed by atoms with Crippen LogP contribution in [0.4, 0.5) is 4.39 Å². The Labute approximate surface area is 190 Å². The molecule has 0 spiro atoms. The van der Waals surface area contributed by atoms with E-state index in [1.54, 1.807) is 19.2 Å². The highest BCUT2D eigenvalue weighted by atomic mass is 32.2. The number of rotatable bonds is 6. The Balaban J connectivity index is 1.73. The highest BCUT2D eigenvalue weighted by Crippen LogP contribution is 2.52. The third-order valence-electron chi connectivity index (χ3n) is 5.67. The minimum atomic E-state index is -1.63. The molecule has 0 saturated carbocycles. The van der Waals surface area contributed by atoms with Crippen LogP contribution in [0.1, 0.15) is 36.8 Å². The van der Waals surface area contributed by atoms with Crippen LogP contribution in [0.2, 0.25) is 0 Å². The number of nitriles is 1. The van der Waals surface area contributed by atoms with Crippen molar-refractivity contribution in [3.8, 4) is 17.6 Å². The van der Waals surface area contributed by atoms with Crippen molar-refractivity contribution in [2.75, 3.05) is 19.5 Å². The second-order valence-corrected chi connectivity index (χ2v) is 8.65. The fourth-order valence-electron chi connectivity index (χ4n) is 4.07. The number of fused-ring (bicyclic) bond motifs is 1. The number of benzene rings is 2. The third kappa shape index (κ3) is 3.72. The minimum Gasteiger partial charge on any atom is -0.493 e. The molecule has 0 aliphatic carbocycles. The van der Waals surface area contributed by atoms with Crippen LogP contribution in [-0.4, -0.2) is 35.4 Å². The molecule has 1 amide bonds. The van der Waals surface area contributed by atoms with E-state index in [1.165, 1.54) is 40.9 Å². The van der Waals surface area contributed by atoms with Crippen LogP contribution in [-0.2, 0) is 10.5 Å². The Morgan fingerprint density at radius 3 is 2.69 bits per heavy atom. The molecule has 2 unspecified atom stereocenters. The van der Waals surface area contributed by atoms with Gasteiger partial charge in [0.25, 0.3) is 0 Å². The van der Waals surface area contributed by atoms with Gasteiger partial charge >= 0.3 is 0 Å². The molecule has 32 heavy (non-hydrogen) atoms. The van der Waals surface area contributed by atoms with Crippen molar-refractivity contribution in [3.05, 3.63) is 70.0 Å². The summed E-state index contributed by atoms with van der Waals surface area (Å²) >= 11 is 1.25. The SMILES string of the molecule is CCCOc1ccc(C2CC(=O)N3C(=C2C#N)SCC3(O)c2ccc(F)cc2)cc1OC. The smallest absolute Gasteiger partial charge is 0.231 e. The molecule has 2 aliphatic heterocycles. The van der Waals surface area contributed by atoms with Crippen LogP contribution in [0.25, 0.3) is 0 Å². The van der Waals surface area contributed by atoms with Gasteiger partial charge < -0.3 is 14.6 Å². The molecule has 2 atom stereocenters. The lowest BCUT2D eigenvalue weighted by molar-refractivity contribution is -0.149. The summed E-state index contributed by atoms with van der Waals surface area (Å²) in [5, 5.41) is 21.8. The van der Waals surface area contributed by atoms with Crippen LogP contribution < -0.4 is 9.47 Å². The van der Waals surface area contributed by atoms with Crippen LogP contribution >= 0.6 is 11.8 Å². The van der Waals surface area contributed by atoms with Gasteiger partial charge in [-0.1, -0.05) is 25.1 Å². The van der Waals surface area contributed by atoms with Crippen molar-refractivity contribution < 1.29 is 23.8 Å². The molecule has 0 bridgehead atoms. The Hall–Kier alpha value is -3.02. The lowest BCUT2D eigenvalue weighted by Gasteiger charge is -2.38.